The lowest BCUT2D eigenvalue weighted by Gasteiger charge is -2.31. The SMILES string of the molecule is CCCCCCCCOc1ccc(C2N(Cc3ccccc3O)CCN2Cc2ccccc2O)cc1. The molecule has 1 aliphatic heterocycles. The molecule has 0 spiro atoms. The van der Waals surface area contributed by atoms with Gasteiger partial charge >= 0.3 is 0 Å². The summed E-state index contributed by atoms with van der Waals surface area (Å²) in [5, 5.41) is 20.7. The third kappa shape index (κ3) is 7.02. The molecule has 0 saturated carbocycles. The van der Waals surface area contributed by atoms with Crippen molar-refractivity contribution in [3.05, 3.63) is 89.5 Å². The topological polar surface area (TPSA) is 56.2 Å². The second-order valence-electron chi connectivity index (χ2n) is 9.76. The Kier molecular flexibility index (Phi) is 9.65. The minimum atomic E-state index is 0.0387. The number of hydrogen-bond acceptors (Lipinski definition) is 5. The molecule has 5 nitrogen and oxygen atoms in total. The molecule has 0 aromatic heterocycles. The van der Waals surface area contributed by atoms with Gasteiger partial charge in [-0.25, -0.2) is 0 Å². The summed E-state index contributed by atoms with van der Waals surface area (Å²) in [5.74, 6) is 1.56. The van der Waals surface area contributed by atoms with Crippen LogP contribution in [0.1, 0.15) is 68.3 Å². The molecule has 3 aromatic rings. The van der Waals surface area contributed by atoms with Crippen LogP contribution in [0.4, 0.5) is 0 Å². The summed E-state index contributed by atoms with van der Waals surface area (Å²) in [7, 11) is 0. The van der Waals surface area contributed by atoms with Crippen molar-refractivity contribution in [2.45, 2.75) is 64.7 Å². The predicted molar refractivity (Wildman–Crippen MR) is 145 cm³/mol. The average Bonchev–Trinajstić information content (AvgIpc) is 3.28. The van der Waals surface area contributed by atoms with Gasteiger partial charge in [-0.05, 0) is 36.2 Å². The molecule has 1 saturated heterocycles. The summed E-state index contributed by atoms with van der Waals surface area (Å²) in [5.41, 5.74) is 3.03. The van der Waals surface area contributed by atoms with Crippen LogP contribution in [0.2, 0.25) is 0 Å². The molecule has 1 heterocycles. The lowest BCUT2D eigenvalue weighted by Crippen LogP contribution is -2.30. The molecule has 0 radical (unpaired) electrons. The smallest absolute Gasteiger partial charge is 0.120 e. The van der Waals surface area contributed by atoms with Gasteiger partial charge in [0.25, 0.3) is 0 Å². The molecule has 0 aliphatic carbocycles. The Morgan fingerprint density at radius 1 is 0.694 bits per heavy atom. The predicted octanol–water partition coefficient (Wildman–Crippen LogP) is 6.85. The molecule has 192 valence electrons. The molecular formula is C31H40N2O3. The maximum absolute atomic E-state index is 10.4. The molecule has 0 atom stereocenters. The molecule has 36 heavy (non-hydrogen) atoms. The van der Waals surface area contributed by atoms with Crippen molar-refractivity contribution in [1.29, 1.82) is 0 Å². The third-order valence-corrected chi connectivity index (χ3v) is 7.04. The first-order valence-electron chi connectivity index (χ1n) is 13.4. The van der Waals surface area contributed by atoms with Gasteiger partial charge in [0.1, 0.15) is 17.2 Å². The zero-order chi connectivity index (χ0) is 25.2. The van der Waals surface area contributed by atoms with Crippen LogP contribution in [0.3, 0.4) is 0 Å². The van der Waals surface area contributed by atoms with Crippen LogP contribution in [0, 0.1) is 0 Å². The number of phenols is 2. The highest BCUT2D eigenvalue weighted by Crippen LogP contribution is 2.35. The Balaban J connectivity index is 1.44. The molecule has 0 bridgehead atoms. The first kappa shape index (κ1) is 26.1. The fourth-order valence-corrected chi connectivity index (χ4v) is 5.02. The van der Waals surface area contributed by atoms with Gasteiger partial charge in [-0.1, -0.05) is 87.6 Å². The first-order chi connectivity index (χ1) is 17.7. The van der Waals surface area contributed by atoms with E-state index in [2.05, 4.69) is 41.0 Å². The Morgan fingerprint density at radius 2 is 1.22 bits per heavy atom. The van der Waals surface area contributed by atoms with E-state index in [0.29, 0.717) is 24.6 Å². The second-order valence-corrected chi connectivity index (χ2v) is 9.76. The van der Waals surface area contributed by atoms with Crippen molar-refractivity contribution in [3.8, 4) is 17.2 Å². The largest absolute Gasteiger partial charge is 0.508 e. The van der Waals surface area contributed by atoms with E-state index in [9.17, 15) is 10.2 Å². The van der Waals surface area contributed by atoms with Gasteiger partial charge in [-0.3, -0.25) is 9.80 Å². The number of hydrogen-bond donors (Lipinski definition) is 2. The van der Waals surface area contributed by atoms with Crippen LogP contribution in [0.5, 0.6) is 17.2 Å². The van der Waals surface area contributed by atoms with E-state index in [1.54, 1.807) is 12.1 Å². The monoisotopic (exact) mass is 488 g/mol. The fourth-order valence-electron chi connectivity index (χ4n) is 5.02. The quantitative estimate of drug-likeness (QED) is 0.258. The van der Waals surface area contributed by atoms with Gasteiger partial charge in [-0.2, -0.15) is 0 Å². The van der Waals surface area contributed by atoms with Crippen LogP contribution in [0.15, 0.2) is 72.8 Å². The van der Waals surface area contributed by atoms with Crippen LogP contribution < -0.4 is 4.74 Å². The van der Waals surface area contributed by atoms with E-state index < -0.39 is 0 Å². The van der Waals surface area contributed by atoms with Crippen molar-refractivity contribution in [2.75, 3.05) is 19.7 Å². The van der Waals surface area contributed by atoms with E-state index >= 15 is 0 Å². The Morgan fingerprint density at radius 3 is 1.78 bits per heavy atom. The number of nitrogens with zero attached hydrogens (tertiary/aromatic N) is 2. The lowest BCUT2D eigenvalue weighted by atomic mass is 10.1. The van der Waals surface area contributed by atoms with Crippen molar-refractivity contribution >= 4 is 0 Å². The molecule has 2 N–H and O–H groups in total. The van der Waals surface area contributed by atoms with Gasteiger partial charge < -0.3 is 14.9 Å². The molecule has 4 rings (SSSR count). The number of phenolic OH excluding ortho intramolecular Hbond substituents is 2. The average molecular weight is 489 g/mol. The number of benzene rings is 3. The van der Waals surface area contributed by atoms with Crippen LogP contribution in [0.25, 0.3) is 0 Å². The number of rotatable bonds is 13. The third-order valence-electron chi connectivity index (χ3n) is 7.04. The maximum Gasteiger partial charge on any atom is 0.120 e. The van der Waals surface area contributed by atoms with Gasteiger partial charge in [-0.15, -0.1) is 0 Å². The van der Waals surface area contributed by atoms with E-state index in [-0.39, 0.29) is 6.17 Å². The van der Waals surface area contributed by atoms with Crippen molar-refractivity contribution in [2.24, 2.45) is 0 Å². The molecule has 0 amide bonds. The second kappa shape index (κ2) is 13.3. The summed E-state index contributed by atoms with van der Waals surface area (Å²) >= 11 is 0. The van der Waals surface area contributed by atoms with E-state index in [4.69, 9.17) is 4.74 Å². The van der Waals surface area contributed by atoms with Crippen molar-refractivity contribution in [3.63, 3.8) is 0 Å². The van der Waals surface area contributed by atoms with Gasteiger partial charge in [0.05, 0.1) is 12.8 Å². The van der Waals surface area contributed by atoms with Gasteiger partial charge in [0.2, 0.25) is 0 Å². The number of aromatic hydroxyl groups is 2. The highest BCUT2D eigenvalue weighted by atomic mass is 16.5. The van der Waals surface area contributed by atoms with Crippen molar-refractivity contribution in [1.82, 2.24) is 9.80 Å². The Bertz CT molecular complexity index is 1010. The number of ether oxygens (including phenoxy) is 1. The number of unbranched alkanes of at least 4 members (excludes halogenated alkanes) is 5. The summed E-state index contributed by atoms with van der Waals surface area (Å²) in [6, 6.07) is 23.6. The first-order valence-corrected chi connectivity index (χ1v) is 13.4. The van der Waals surface area contributed by atoms with Crippen LogP contribution in [-0.4, -0.2) is 39.7 Å². The fraction of sp³-hybridized carbons (Fsp3) is 0.419. The molecule has 1 aliphatic rings. The van der Waals surface area contributed by atoms with Crippen molar-refractivity contribution < 1.29 is 14.9 Å². The summed E-state index contributed by atoms with van der Waals surface area (Å²) in [6.07, 6.45) is 7.57. The zero-order valence-corrected chi connectivity index (χ0v) is 21.5. The lowest BCUT2D eigenvalue weighted by molar-refractivity contribution is 0.124. The molecular weight excluding hydrogens is 448 g/mol. The van der Waals surface area contributed by atoms with E-state index in [1.807, 2.05) is 36.4 Å². The standard InChI is InChI=1S/C31H40N2O3/c1-2-3-4-5-6-11-22-36-28-18-16-25(17-19-28)31-32(23-26-12-7-9-14-29(26)34)20-21-33(31)24-27-13-8-10-15-30(27)35/h7-10,12-19,31,34-35H,2-6,11,20-24H2,1H3. The zero-order valence-electron chi connectivity index (χ0n) is 21.5. The Labute approximate surface area is 216 Å². The molecule has 1 fully saturated rings. The van der Waals surface area contributed by atoms with Crippen LogP contribution >= 0.6 is 0 Å². The van der Waals surface area contributed by atoms with E-state index in [0.717, 1.165) is 43.0 Å². The molecule has 0 unspecified atom stereocenters. The Hall–Kier alpha value is -3.02. The highest BCUT2D eigenvalue weighted by Gasteiger charge is 2.33. The summed E-state index contributed by atoms with van der Waals surface area (Å²) in [6.45, 7) is 6.07. The normalized spacial score (nSPS) is 14.9. The summed E-state index contributed by atoms with van der Waals surface area (Å²) in [4.78, 5) is 4.78. The van der Waals surface area contributed by atoms with Crippen LogP contribution in [-0.2, 0) is 13.1 Å². The minimum absolute atomic E-state index is 0.0387. The van der Waals surface area contributed by atoms with E-state index in [1.165, 1.54) is 37.7 Å². The highest BCUT2D eigenvalue weighted by molar-refractivity contribution is 5.35. The summed E-state index contributed by atoms with van der Waals surface area (Å²) < 4.78 is 6.01. The minimum Gasteiger partial charge on any atom is -0.508 e. The van der Waals surface area contributed by atoms with Gasteiger partial charge in [0, 0.05) is 37.3 Å². The maximum atomic E-state index is 10.4. The van der Waals surface area contributed by atoms with Gasteiger partial charge in [0.15, 0.2) is 0 Å². The number of para-hydroxylation sites is 2. The molecule has 5 heteroatoms. The molecule has 3 aromatic carbocycles.